The Morgan fingerprint density at radius 2 is 2.04 bits per heavy atom. The number of methoxy groups -OCH3 is 1. The fourth-order valence-corrected chi connectivity index (χ4v) is 2.66. The van der Waals surface area contributed by atoms with Crippen LogP contribution in [0.2, 0.25) is 0 Å². The van der Waals surface area contributed by atoms with Crippen molar-refractivity contribution in [2.45, 2.75) is 46.2 Å². The SMILES string of the molecule is COc1ccc([C@@H](NC(=O)c2cnn(CCC(C)C)c2C)C(F)F)cc1F. The van der Waals surface area contributed by atoms with Gasteiger partial charge in [-0.05, 0) is 37.0 Å². The third-order valence-electron chi connectivity index (χ3n) is 4.34. The Morgan fingerprint density at radius 1 is 1.33 bits per heavy atom. The average molecular weight is 383 g/mol. The highest BCUT2D eigenvalue weighted by Crippen LogP contribution is 2.26. The lowest BCUT2D eigenvalue weighted by Gasteiger charge is -2.19. The Kier molecular flexibility index (Phi) is 6.87. The normalized spacial score (nSPS) is 12.5. The first kappa shape index (κ1) is 20.8. The van der Waals surface area contributed by atoms with Crippen LogP contribution in [0.1, 0.15) is 47.9 Å². The summed E-state index contributed by atoms with van der Waals surface area (Å²) < 4.78 is 47.3. The van der Waals surface area contributed by atoms with Crippen LogP contribution < -0.4 is 10.1 Å². The van der Waals surface area contributed by atoms with Gasteiger partial charge in [-0.1, -0.05) is 19.9 Å². The first-order valence-electron chi connectivity index (χ1n) is 8.69. The van der Waals surface area contributed by atoms with E-state index in [4.69, 9.17) is 4.74 Å². The van der Waals surface area contributed by atoms with Crippen LogP contribution in [-0.4, -0.2) is 29.2 Å². The second-order valence-electron chi connectivity index (χ2n) is 6.73. The minimum atomic E-state index is -2.90. The molecular formula is C19H24F3N3O2. The Labute approximate surface area is 156 Å². The van der Waals surface area contributed by atoms with Crippen molar-refractivity contribution in [3.8, 4) is 5.75 Å². The molecule has 0 saturated carbocycles. The molecule has 148 valence electrons. The summed E-state index contributed by atoms with van der Waals surface area (Å²) in [5.74, 6) is -1.03. The number of benzene rings is 1. The summed E-state index contributed by atoms with van der Waals surface area (Å²) in [6.45, 7) is 6.51. The number of rotatable bonds is 8. The van der Waals surface area contributed by atoms with E-state index in [1.807, 2.05) is 0 Å². The van der Waals surface area contributed by atoms with E-state index in [-0.39, 0.29) is 16.9 Å². The number of carbonyl (C=O) groups is 1. The second-order valence-corrected chi connectivity index (χ2v) is 6.73. The molecule has 0 aliphatic carbocycles. The van der Waals surface area contributed by atoms with Crippen molar-refractivity contribution in [1.82, 2.24) is 15.1 Å². The lowest BCUT2D eigenvalue weighted by Crippen LogP contribution is -2.33. The fraction of sp³-hybridized carbons (Fsp3) is 0.474. The maximum absolute atomic E-state index is 13.9. The standard InChI is InChI=1S/C19H24F3N3O2/c1-11(2)7-8-25-12(3)14(10-23-25)19(26)24-17(18(21)22)13-5-6-16(27-4)15(20)9-13/h5-6,9-11,17-18H,7-8H2,1-4H3,(H,24,26)/t17-/m1/s1. The van der Waals surface area contributed by atoms with Crippen molar-refractivity contribution in [1.29, 1.82) is 0 Å². The molecule has 1 aromatic carbocycles. The summed E-state index contributed by atoms with van der Waals surface area (Å²) in [5.41, 5.74) is 0.780. The molecule has 0 unspecified atom stereocenters. The molecule has 8 heteroatoms. The predicted octanol–water partition coefficient (Wildman–Crippen LogP) is 4.12. The lowest BCUT2D eigenvalue weighted by molar-refractivity contribution is 0.0742. The van der Waals surface area contributed by atoms with Crippen molar-refractivity contribution in [2.75, 3.05) is 7.11 Å². The number of aromatic nitrogens is 2. The van der Waals surface area contributed by atoms with Gasteiger partial charge in [0.15, 0.2) is 11.6 Å². The number of alkyl halides is 2. The van der Waals surface area contributed by atoms with Crippen LogP contribution in [0.3, 0.4) is 0 Å². The molecule has 1 amide bonds. The zero-order chi connectivity index (χ0) is 20.1. The van der Waals surface area contributed by atoms with Crippen LogP contribution >= 0.6 is 0 Å². The van der Waals surface area contributed by atoms with E-state index < -0.39 is 24.2 Å². The molecule has 0 spiro atoms. The molecule has 0 bridgehead atoms. The third-order valence-corrected chi connectivity index (χ3v) is 4.34. The number of nitrogens with one attached hydrogen (secondary N) is 1. The molecule has 1 N–H and O–H groups in total. The minimum Gasteiger partial charge on any atom is -0.494 e. The van der Waals surface area contributed by atoms with Gasteiger partial charge in [0, 0.05) is 12.2 Å². The molecule has 5 nitrogen and oxygen atoms in total. The van der Waals surface area contributed by atoms with Gasteiger partial charge in [-0.3, -0.25) is 9.48 Å². The molecule has 1 atom stereocenters. The maximum Gasteiger partial charge on any atom is 0.262 e. The molecule has 0 fully saturated rings. The number of halogens is 3. The zero-order valence-electron chi connectivity index (χ0n) is 15.8. The van der Waals surface area contributed by atoms with E-state index >= 15 is 0 Å². The van der Waals surface area contributed by atoms with Crippen LogP contribution in [0.15, 0.2) is 24.4 Å². The maximum atomic E-state index is 13.9. The molecule has 1 heterocycles. The predicted molar refractivity (Wildman–Crippen MR) is 95.6 cm³/mol. The molecular weight excluding hydrogens is 359 g/mol. The first-order valence-corrected chi connectivity index (χ1v) is 8.69. The van der Waals surface area contributed by atoms with Gasteiger partial charge >= 0.3 is 0 Å². The number of carbonyl (C=O) groups excluding carboxylic acids is 1. The van der Waals surface area contributed by atoms with Gasteiger partial charge in [-0.25, -0.2) is 13.2 Å². The third kappa shape index (κ3) is 5.02. The van der Waals surface area contributed by atoms with Crippen LogP contribution in [0.5, 0.6) is 5.75 Å². The summed E-state index contributed by atoms with van der Waals surface area (Å²) >= 11 is 0. The van der Waals surface area contributed by atoms with Gasteiger partial charge in [0.2, 0.25) is 0 Å². The largest absolute Gasteiger partial charge is 0.494 e. The van der Waals surface area contributed by atoms with E-state index in [1.54, 1.807) is 11.6 Å². The number of nitrogens with zero attached hydrogens (tertiary/aromatic N) is 2. The molecule has 0 aliphatic rings. The Morgan fingerprint density at radius 3 is 2.59 bits per heavy atom. The van der Waals surface area contributed by atoms with Crippen molar-refractivity contribution >= 4 is 5.91 Å². The van der Waals surface area contributed by atoms with Crippen LogP contribution in [0.25, 0.3) is 0 Å². The van der Waals surface area contributed by atoms with Gasteiger partial charge in [0.25, 0.3) is 12.3 Å². The molecule has 0 radical (unpaired) electrons. The van der Waals surface area contributed by atoms with Gasteiger partial charge in [-0.15, -0.1) is 0 Å². The topological polar surface area (TPSA) is 56.1 Å². The number of aryl methyl sites for hydroxylation is 1. The molecule has 1 aromatic heterocycles. The van der Waals surface area contributed by atoms with Crippen molar-refractivity contribution in [2.24, 2.45) is 5.92 Å². The van der Waals surface area contributed by atoms with E-state index in [9.17, 15) is 18.0 Å². The van der Waals surface area contributed by atoms with Crippen molar-refractivity contribution in [3.05, 3.63) is 47.0 Å². The fourth-order valence-electron chi connectivity index (χ4n) is 2.66. The van der Waals surface area contributed by atoms with Gasteiger partial charge in [0.05, 0.1) is 18.9 Å². The van der Waals surface area contributed by atoms with Crippen LogP contribution in [-0.2, 0) is 6.54 Å². The smallest absolute Gasteiger partial charge is 0.262 e. The van der Waals surface area contributed by atoms with Crippen LogP contribution in [0, 0.1) is 18.7 Å². The summed E-state index contributed by atoms with van der Waals surface area (Å²) in [7, 11) is 1.28. The molecule has 0 aliphatic heterocycles. The Balaban J connectivity index is 2.19. The summed E-state index contributed by atoms with van der Waals surface area (Å²) in [4.78, 5) is 12.5. The van der Waals surface area contributed by atoms with E-state index in [0.29, 0.717) is 18.2 Å². The molecule has 27 heavy (non-hydrogen) atoms. The monoisotopic (exact) mass is 383 g/mol. The Bertz CT molecular complexity index is 791. The Hall–Kier alpha value is -2.51. The zero-order valence-corrected chi connectivity index (χ0v) is 15.8. The number of amides is 1. The van der Waals surface area contributed by atoms with Gasteiger partial charge in [-0.2, -0.15) is 5.10 Å². The summed E-state index contributed by atoms with van der Waals surface area (Å²) in [5, 5.41) is 6.45. The average Bonchev–Trinajstić information content (AvgIpc) is 2.98. The van der Waals surface area contributed by atoms with E-state index in [2.05, 4.69) is 24.3 Å². The second kappa shape index (κ2) is 8.92. The number of hydrogen-bond donors (Lipinski definition) is 1. The summed E-state index contributed by atoms with van der Waals surface area (Å²) in [6, 6.07) is 1.85. The number of hydrogen-bond acceptors (Lipinski definition) is 3. The molecule has 2 rings (SSSR count). The van der Waals surface area contributed by atoms with Crippen molar-refractivity contribution in [3.63, 3.8) is 0 Å². The lowest BCUT2D eigenvalue weighted by atomic mass is 10.1. The quantitative estimate of drug-likeness (QED) is 0.746. The molecule has 2 aromatic rings. The number of ether oxygens (including phenoxy) is 1. The van der Waals surface area contributed by atoms with Crippen molar-refractivity contribution < 1.29 is 22.7 Å². The molecule has 0 saturated heterocycles. The van der Waals surface area contributed by atoms with Gasteiger partial charge < -0.3 is 10.1 Å². The van der Waals surface area contributed by atoms with E-state index in [1.165, 1.54) is 25.4 Å². The first-order chi connectivity index (χ1) is 12.7. The van der Waals surface area contributed by atoms with Gasteiger partial charge in [0.1, 0.15) is 6.04 Å². The minimum absolute atomic E-state index is 0.0403. The van der Waals surface area contributed by atoms with Crippen LogP contribution in [0.4, 0.5) is 13.2 Å². The highest BCUT2D eigenvalue weighted by atomic mass is 19.3. The van der Waals surface area contributed by atoms with E-state index in [0.717, 1.165) is 12.5 Å². The highest BCUT2D eigenvalue weighted by Gasteiger charge is 2.27. The highest BCUT2D eigenvalue weighted by molar-refractivity contribution is 5.95. The summed E-state index contributed by atoms with van der Waals surface area (Å²) in [6.07, 6.45) is -0.658.